The molecule has 0 unspecified atom stereocenters. The van der Waals surface area contributed by atoms with Crippen LogP contribution >= 0.6 is 0 Å². The van der Waals surface area contributed by atoms with Crippen LogP contribution in [0.2, 0.25) is 0 Å². The Morgan fingerprint density at radius 3 is 2.96 bits per heavy atom. The Morgan fingerprint density at radius 2 is 2.15 bits per heavy atom. The van der Waals surface area contributed by atoms with E-state index in [1.54, 1.807) is 24.7 Å². The summed E-state index contributed by atoms with van der Waals surface area (Å²) >= 11 is 0. The Bertz CT molecular complexity index is 706. The maximum Gasteiger partial charge on any atom is 0.253 e. The van der Waals surface area contributed by atoms with E-state index in [2.05, 4.69) is 20.2 Å². The van der Waals surface area contributed by atoms with Crippen molar-refractivity contribution in [1.82, 2.24) is 20.2 Å². The summed E-state index contributed by atoms with van der Waals surface area (Å²) in [7, 11) is 0. The Kier molecular flexibility index (Phi) is 6.84. The SMILES string of the molecule is O=C(NC/C=C\COc1cc(CN2CCCCC2)ccn1)c1cc[nH]c1. The lowest BCUT2D eigenvalue weighted by Gasteiger charge is -2.26. The number of amides is 1. The monoisotopic (exact) mass is 354 g/mol. The highest BCUT2D eigenvalue weighted by Gasteiger charge is 2.10. The van der Waals surface area contributed by atoms with E-state index in [1.807, 2.05) is 24.3 Å². The molecule has 3 heterocycles. The van der Waals surface area contributed by atoms with Crippen LogP contribution in [0.1, 0.15) is 35.2 Å². The van der Waals surface area contributed by atoms with Crippen LogP contribution in [0.25, 0.3) is 0 Å². The first-order valence-electron chi connectivity index (χ1n) is 9.17. The number of hydrogen-bond donors (Lipinski definition) is 2. The van der Waals surface area contributed by atoms with Crippen LogP contribution in [0.4, 0.5) is 0 Å². The molecule has 2 aromatic rings. The van der Waals surface area contributed by atoms with Crippen molar-refractivity contribution in [2.24, 2.45) is 0 Å². The molecule has 0 atom stereocenters. The maximum absolute atomic E-state index is 11.8. The third kappa shape index (κ3) is 5.74. The van der Waals surface area contributed by atoms with Crippen LogP contribution in [0.3, 0.4) is 0 Å². The van der Waals surface area contributed by atoms with E-state index >= 15 is 0 Å². The summed E-state index contributed by atoms with van der Waals surface area (Å²) in [5.74, 6) is 0.546. The van der Waals surface area contributed by atoms with Crippen molar-refractivity contribution in [3.8, 4) is 5.88 Å². The van der Waals surface area contributed by atoms with Gasteiger partial charge in [0, 0.05) is 37.7 Å². The zero-order valence-electron chi connectivity index (χ0n) is 15.0. The number of nitrogens with one attached hydrogen (secondary N) is 2. The molecule has 138 valence electrons. The minimum absolute atomic E-state index is 0.0936. The van der Waals surface area contributed by atoms with Gasteiger partial charge in [0.15, 0.2) is 0 Å². The number of aromatic nitrogens is 2. The Labute approximate surface area is 154 Å². The highest BCUT2D eigenvalue weighted by molar-refractivity contribution is 5.93. The number of carbonyl (C=O) groups is 1. The van der Waals surface area contributed by atoms with Gasteiger partial charge < -0.3 is 15.0 Å². The molecule has 0 aliphatic carbocycles. The fraction of sp³-hybridized carbons (Fsp3) is 0.400. The van der Waals surface area contributed by atoms with Crippen molar-refractivity contribution >= 4 is 5.91 Å². The van der Waals surface area contributed by atoms with E-state index in [9.17, 15) is 4.79 Å². The summed E-state index contributed by atoms with van der Waals surface area (Å²) in [6, 6.07) is 5.80. The van der Waals surface area contributed by atoms with Gasteiger partial charge in [-0.05, 0) is 49.7 Å². The van der Waals surface area contributed by atoms with E-state index < -0.39 is 0 Å². The van der Waals surface area contributed by atoms with Gasteiger partial charge in [0.2, 0.25) is 5.88 Å². The van der Waals surface area contributed by atoms with Gasteiger partial charge in [-0.15, -0.1) is 0 Å². The van der Waals surface area contributed by atoms with E-state index in [1.165, 1.54) is 37.9 Å². The number of piperidine rings is 1. The Morgan fingerprint density at radius 1 is 1.27 bits per heavy atom. The van der Waals surface area contributed by atoms with Crippen LogP contribution in [0.15, 0.2) is 48.9 Å². The van der Waals surface area contributed by atoms with Gasteiger partial charge in [-0.3, -0.25) is 9.69 Å². The molecule has 0 bridgehead atoms. The smallest absolute Gasteiger partial charge is 0.253 e. The Hall–Kier alpha value is -2.60. The van der Waals surface area contributed by atoms with E-state index in [0.29, 0.717) is 24.6 Å². The number of carbonyl (C=O) groups excluding carboxylic acids is 1. The number of aromatic amines is 1. The number of H-pyrrole nitrogens is 1. The topological polar surface area (TPSA) is 70.2 Å². The molecule has 3 rings (SSSR count). The van der Waals surface area contributed by atoms with E-state index in [4.69, 9.17) is 4.74 Å². The second-order valence-electron chi connectivity index (χ2n) is 6.43. The van der Waals surface area contributed by atoms with E-state index in [-0.39, 0.29) is 5.91 Å². The molecule has 1 saturated heterocycles. The quantitative estimate of drug-likeness (QED) is 0.715. The molecule has 0 saturated carbocycles. The van der Waals surface area contributed by atoms with Crippen molar-refractivity contribution in [3.05, 3.63) is 60.1 Å². The van der Waals surface area contributed by atoms with Crippen molar-refractivity contribution in [2.45, 2.75) is 25.8 Å². The zero-order valence-corrected chi connectivity index (χ0v) is 15.0. The number of pyridine rings is 1. The molecule has 1 fully saturated rings. The number of likely N-dealkylation sites (tertiary alicyclic amines) is 1. The molecule has 2 N–H and O–H groups in total. The third-order valence-corrected chi connectivity index (χ3v) is 4.39. The van der Waals surface area contributed by atoms with Crippen molar-refractivity contribution in [1.29, 1.82) is 0 Å². The summed E-state index contributed by atoms with van der Waals surface area (Å²) < 4.78 is 5.68. The molecule has 6 heteroatoms. The van der Waals surface area contributed by atoms with Gasteiger partial charge in [-0.2, -0.15) is 0 Å². The predicted octanol–water partition coefficient (Wildman–Crippen LogP) is 2.76. The first-order valence-corrected chi connectivity index (χ1v) is 9.17. The molecule has 0 aromatic carbocycles. The molecule has 26 heavy (non-hydrogen) atoms. The van der Waals surface area contributed by atoms with Crippen LogP contribution in [-0.4, -0.2) is 47.0 Å². The number of rotatable bonds is 8. The van der Waals surface area contributed by atoms with Gasteiger partial charge in [0.05, 0.1) is 5.56 Å². The van der Waals surface area contributed by atoms with Gasteiger partial charge in [0.25, 0.3) is 5.91 Å². The van der Waals surface area contributed by atoms with Crippen LogP contribution < -0.4 is 10.1 Å². The standard InChI is InChI=1S/C20H26N4O2/c25-20(18-7-9-21-15-18)23-8-2-5-13-26-19-14-17(6-10-22-19)16-24-11-3-1-4-12-24/h2,5-7,9-10,14-15,21H,1,3-4,8,11-13,16H2,(H,23,25)/b5-2-. The molecule has 6 nitrogen and oxygen atoms in total. The maximum atomic E-state index is 11.8. The summed E-state index contributed by atoms with van der Waals surface area (Å²) in [5.41, 5.74) is 1.86. The molecule has 1 aliphatic rings. The van der Waals surface area contributed by atoms with Gasteiger partial charge in [0.1, 0.15) is 6.61 Å². The number of ether oxygens (including phenoxy) is 1. The van der Waals surface area contributed by atoms with Crippen LogP contribution in [-0.2, 0) is 6.54 Å². The van der Waals surface area contributed by atoms with Crippen LogP contribution in [0, 0.1) is 0 Å². The largest absolute Gasteiger partial charge is 0.473 e. The Balaban J connectivity index is 1.37. The molecule has 1 aliphatic heterocycles. The number of hydrogen-bond acceptors (Lipinski definition) is 4. The lowest BCUT2D eigenvalue weighted by Crippen LogP contribution is -2.29. The highest BCUT2D eigenvalue weighted by Crippen LogP contribution is 2.15. The lowest BCUT2D eigenvalue weighted by atomic mass is 10.1. The average Bonchev–Trinajstić information content (AvgIpc) is 3.20. The highest BCUT2D eigenvalue weighted by atomic mass is 16.5. The minimum Gasteiger partial charge on any atom is -0.473 e. The van der Waals surface area contributed by atoms with Crippen molar-refractivity contribution in [2.75, 3.05) is 26.2 Å². The van der Waals surface area contributed by atoms with Gasteiger partial charge in [-0.1, -0.05) is 12.5 Å². The first-order chi connectivity index (χ1) is 12.8. The van der Waals surface area contributed by atoms with Gasteiger partial charge in [-0.25, -0.2) is 4.98 Å². The fourth-order valence-electron chi connectivity index (χ4n) is 3.01. The number of nitrogens with zero attached hydrogens (tertiary/aromatic N) is 2. The van der Waals surface area contributed by atoms with E-state index in [0.717, 1.165) is 6.54 Å². The summed E-state index contributed by atoms with van der Waals surface area (Å²) in [6.07, 6.45) is 12.9. The summed E-state index contributed by atoms with van der Waals surface area (Å²) in [6.45, 7) is 4.21. The third-order valence-electron chi connectivity index (χ3n) is 4.39. The summed E-state index contributed by atoms with van der Waals surface area (Å²) in [4.78, 5) is 21.4. The molecular weight excluding hydrogens is 328 g/mol. The normalized spacial score (nSPS) is 15.2. The predicted molar refractivity (Wildman–Crippen MR) is 101 cm³/mol. The van der Waals surface area contributed by atoms with Crippen molar-refractivity contribution in [3.63, 3.8) is 0 Å². The lowest BCUT2D eigenvalue weighted by molar-refractivity contribution is 0.0958. The molecule has 1 amide bonds. The second-order valence-corrected chi connectivity index (χ2v) is 6.43. The van der Waals surface area contributed by atoms with Crippen LogP contribution in [0.5, 0.6) is 5.88 Å². The first kappa shape index (κ1) is 18.2. The van der Waals surface area contributed by atoms with Gasteiger partial charge >= 0.3 is 0 Å². The molecule has 2 aromatic heterocycles. The molecular formula is C20H26N4O2. The second kappa shape index (κ2) is 9.77. The zero-order chi connectivity index (χ0) is 18.0. The van der Waals surface area contributed by atoms with Crippen molar-refractivity contribution < 1.29 is 9.53 Å². The molecule has 0 spiro atoms. The molecule has 0 radical (unpaired) electrons. The minimum atomic E-state index is -0.0936. The fourth-order valence-corrected chi connectivity index (χ4v) is 3.01. The summed E-state index contributed by atoms with van der Waals surface area (Å²) in [5, 5.41) is 2.82. The average molecular weight is 354 g/mol.